The van der Waals surface area contributed by atoms with Crippen LogP contribution in [0.25, 0.3) is 0 Å². The van der Waals surface area contributed by atoms with Crippen molar-refractivity contribution >= 4 is 0 Å². The predicted octanol–water partition coefficient (Wildman–Crippen LogP) is 3.51. The Morgan fingerprint density at radius 3 is 2.48 bits per heavy atom. The molecule has 0 bridgehead atoms. The SMILES string of the molecule is COc1ccc(C2(CNC3CC3)CCCC2C)cc1OC. The van der Waals surface area contributed by atoms with Gasteiger partial charge in [-0.25, -0.2) is 0 Å². The van der Waals surface area contributed by atoms with Crippen molar-refractivity contribution in [2.75, 3.05) is 20.8 Å². The molecule has 0 aliphatic heterocycles. The van der Waals surface area contributed by atoms with Crippen LogP contribution < -0.4 is 14.8 Å². The maximum atomic E-state index is 5.51. The second-order valence-electron chi connectivity index (χ2n) is 6.67. The summed E-state index contributed by atoms with van der Waals surface area (Å²) < 4.78 is 10.9. The van der Waals surface area contributed by atoms with Gasteiger partial charge in [-0.05, 0) is 49.3 Å². The molecule has 1 N–H and O–H groups in total. The first-order valence-corrected chi connectivity index (χ1v) is 8.15. The number of hydrogen-bond acceptors (Lipinski definition) is 3. The number of rotatable bonds is 6. The highest BCUT2D eigenvalue weighted by Gasteiger charge is 2.42. The zero-order chi connectivity index (χ0) is 14.9. The molecule has 3 nitrogen and oxygen atoms in total. The third-order valence-corrected chi connectivity index (χ3v) is 5.45. The molecule has 2 aliphatic rings. The van der Waals surface area contributed by atoms with E-state index in [-0.39, 0.29) is 5.41 Å². The lowest BCUT2D eigenvalue weighted by molar-refractivity contribution is 0.311. The summed E-state index contributed by atoms with van der Waals surface area (Å²) >= 11 is 0. The van der Waals surface area contributed by atoms with Gasteiger partial charge in [-0.1, -0.05) is 19.4 Å². The van der Waals surface area contributed by atoms with Gasteiger partial charge in [0.2, 0.25) is 0 Å². The Balaban J connectivity index is 1.91. The summed E-state index contributed by atoms with van der Waals surface area (Å²) in [4.78, 5) is 0. The fraction of sp³-hybridized carbons (Fsp3) is 0.667. The van der Waals surface area contributed by atoms with Crippen LogP contribution in [0.2, 0.25) is 0 Å². The summed E-state index contributed by atoms with van der Waals surface area (Å²) in [6.07, 6.45) is 6.60. The summed E-state index contributed by atoms with van der Waals surface area (Å²) in [5, 5.41) is 3.76. The van der Waals surface area contributed by atoms with Gasteiger partial charge in [0.05, 0.1) is 14.2 Å². The third kappa shape index (κ3) is 2.76. The molecule has 2 aliphatic carbocycles. The van der Waals surface area contributed by atoms with Crippen LogP contribution in [0.5, 0.6) is 11.5 Å². The largest absolute Gasteiger partial charge is 0.493 e. The van der Waals surface area contributed by atoms with Crippen molar-refractivity contribution in [1.82, 2.24) is 5.32 Å². The normalized spacial score (nSPS) is 28.6. The van der Waals surface area contributed by atoms with E-state index in [1.54, 1.807) is 14.2 Å². The van der Waals surface area contributed by atoms with Crippen LogP contribution in [0.4, 0.5) is 0 Å². The molecule has 0 aromatic heterocycles. The van der Waals surface area contributed by atoms with E-state index in [2.05, 4.69) is 30.4 Å². The molecule has 3 heteroatoms. The summed E-state index contributed by atoms with van der Waals surface area (Å²) in [6.45, 7) is 3.49. The molecule has 0 amide bonds. The van der Waals surface area contributed by atoms with Gasteiger partial charge in [0, 0.05) is 18.0 Å². The van der Waals surface area contributed by atoms with Crippen molar-refractivity contribution in [2.45, 2.75) is 50.5 Å². The first-order chi connectivity index (χ1) is 10.2. The maximum Gasteiger partial charge on any atom is 0.161 e. The lowest BCUT2D eigenvalue weighted by Gasteiger charge is -2.35. The van der Waals surface area contributed by atoms with Gasteiger partial charge in [-0.15, -0.1) is 0 Å². The van der Waals surface area contributed by atoms with Crippen molar-refractivity contribution in [3.05, 3.63) is 23.8 Å². The number of methoxy groups -OCH3 is 2. The fourth-order valence-corrected chi connectivity index (χ4v) is 3.80. The van der Waals surface area contributed by atoms with Gasteiger partial charge >= 0.3 is 0 Å². The smallest absolute Gasteiger partial charge is 0.161 e. The van der Waals surface area contributed by atoms with Crippen LogP contribution in [-0.4, -0.2) is 26.8 Å². The topological polar surface area (TPSA) is 30.5 Å². The minimum Gasteiger partial charge on any atom is -0.493 e. The van der Waals surface area contributed by atoms with Crippen molar-refractivity contribution in [2.24, 2.45) is 5.92 Å². The van der Waals surface area contributed by atoms with Crippen molar-refractivity contribution in [3.8, 4) is 11.5 Å². The quantitative estimate of drug-likeness (QED) is 0.869. The van der Waals surface area contributed by atoms with E-state index in [9.17, 15) is 0 Å². The highest BCUT2D eigenvalue weighted by molar-refractivity contribution is 5.46. The van der Waals surface area contributed by atoms with Crippen LogP contribution in [0.1, 0.15) is 44.6 Å². The molecule has 2 saturated carbocycles. The molecule has 0 heterocycles. The van der Waals surface area contributed by atoms with E-state index >= 15 is 0 Å². The molecule has 21 heavy (non-hydrogen) atoms. The first kappa shape index (κ1) is 14.7. The van der Waals surface area contributed by atoms with Crippen LogP contribution in [0, 0.1) is 5.92 Å². The van der Waals surface area contributed by atoms with Crippen molar-refractivity contribution in [3.63, 3.8) is 0 Å². The molecule has 2 atom stereocenters. The van der Waals surface area contributed by atoms with Crippen LogP contribution in [0.3, 0.4) is 0 Å². The van der Waals surface area contributed by atoms with Gasteiger partial charge in [0.1, 0.15) is 0 Å². The van der Waals surface area contributed by atoms with Crippen LogP contribution in [-0.2, 0) is 5.41 Å². The average molecular weight is 289 g/mol. The van der Waals surface area contributed by atoms with Gasteiger partial charge in [-0.3, -0.25) is 0 Å². The Hall–Kier alpha value is -1.22. The maximum absolute atomic E-state index is 5.51. The zero-order valence-electron chi connectivity index (χ0n) is 13.4. The molecule has 0 saturated heterocycles. The second-order valence-corrected chi connectivity index (χ2v) is 6.67. The molecule has 1 aromatic carbocycles. The standard InChI is InChI=1S/C18H27NO2/c1-13-5-4-10-18(13,12-19-15-7-8-15)14-6-9-16(20-2)17(11-14)21-3/h6,9,11,13,15,19H,4-5,7-8,10,12H2,1-3H3. The number of hydrogen-bond donors (Lipinski definition) is 1. The summed E-state index contributed by atoms with van der Waals surface area (Å²) in [7, 11) is 3.41. The molecule has 0 radical (unpaired) electrons. The van der Waals surface area contributed by atoms with Gasteiger partial charge in [0.15, 0.2) is 11.5 Å². The zero-order valence-corrected chi connectivity index (χ0v) is 13.4. The molecule has 1 aromatic rings. The molecular weight excluding hydrogens is 262 g/mol. The molecule has 3 rings (SSSR count). The molecular formula is C18H27NO2. The Labute approximate surface area is 128 Å². The van der Waals surface area contributed by atoms with E-state index < -0.39 is 0 Å². The predicted molar refractivity (Wildman–Crippen MR) is 85.3 cm³/mol. The number of ether oxygens (including phenoxy) is 2. The lowest BCUT2D eigenvalue weighted by Crippen LogP contribution is -2.41. The Morgan fingerprint density at radius 1 is 1.14 bits per heavy atom. The van der Waals surface area contributed by atoms with Gasteiger partial charge in [-0.2, -0.15) is 0 Å². The minimum atomic E-state index is 0.252. The van der Waals surface area contributed by atoms with E-state index in [0.717, 1.165) is 24.1 Å². The highest BCUT2D eigenvalue weighted by Crippen LogP contribution is 2.47. The Bertz CT molecular complexity index is 498. The summed E-state index contributed by atoms with van der Waals surface area (Å²) in [5.74, 6) is 2.37. The number of nitrogens with one attached hydrogen (secondary N) is 1. The van der Waals surface area contributed by atoms with E-state index in [4.69, 9.17) is 9.47 Å². The molecule has 0 spiro atoms. The van der Waals surface area contributed by atoms with Gasteiger partial charge in [0.25, 0.3) is 0 Å². The average Bonchev–Trinajstić information content (AvgIpc) is 3.27. The van der Waals surface area contributed by atoms with E-state index in [1.807, 2.05) is 0 Å². The second kappa shape index (κ2) is 5.88. The number of benzene rings is 1. The van der Waals surface area contributed by atoms with E-state index in [0.29, 0.717) is 5.92 Å². The summed E-state index contributed by atoms with van der Waals surface area (Å²) in [6, 6.07) is 7.24. The lowest BCUT2D eigenvalue weighted by atomic mass is 9.72. The Morgan fingerprint density at radius 2 is 1.90 bits per heavy atom. The van der Waals surface area contributed by atoms with Crippen molar-refractivity contribution < 1.29 is 9.47 Å². The van der Waals surface area contributed by atoms with Crippen LogP contribution in [0.15, 0.2) is 18.2 Å². The third-order valence-electron chi connectivity index (χ3n) is 5.45. The highest BCUT2D eigenvalue weighted by atomic mass is 16.5. The van der Waals surface area contributed by atoms with Crippen LogP contribution >= 0.6 is 0 Å². The monoisotopic (exact) mass is 289 g/mol. The van der Waals surface area contributed by atoms with Gasteiger partial charge < -0.3 is 14.8 Å². The van der Waals surface area contributed by atoms with Crippen molar-refractivity contribution in [1.29, 1.82) is 0 Å². The summed E-state index contributed by atoms with van der Waals surface area (Å²) in [5.41, 5.74) is 1.65. The van der Waals surface area contributed by atoms with E-state index in [1.165, 1.54) is 37.7 Å². The fourth-order valence-electron chi connectivity index (χ4n) is 3.80. The first-order valence-electron chi connectivity index (χ1n) is 8.15. The minimum absolute atomic E-state index is 0.252. The molecule has 116 valence electrons. The Kier molecular flexibility index (Phi) is 4.12. The molecule has 2 unspecified atom stereocenters. The molecule has 2 fully saturated rings.